The molecule has 2 fully saturated rings. The molecular weight excluding hydrogens is 292 g/mol. The molecule has 24 heavy (non-hydrogen) atoms. The number of hydrogen-bond donors (Lipinski definition) is 1. The molecule has 0 aliphatic heterocycles. The van der Waals surface area contributed by atoms with Crippen LogP contribution in [0.3, 0.4) is 0 Å². The van der Waals surface area contributed by atoms with Gasteiger partial charge in [-0.1, -0.05) is 70.9 Å². The van der Waals surface area contributed by atoms with E-state index >= 15 is 0 Å². The Bertz CT molecular complexity index is 426. The van der Waals surface area contributed by atoms with Crippen LogP contribution < -0.4 is 0 Å². The Kier molecular flexibility index (Phi) is 8.70. The second-order valence-corrected chi connectivity index (χ2v) is 8.22. The molecule has 1 aromatic carbocycles. The van der Waals surface area contributed by atoms with Crippen molar-refractivity contribution in [3.05, 3.63) is 29.8 Å². The van der Waals surface area contributed by atoms with E-state index in [0.717, 1.165) is 12.3 Å². The van der Waals surface area contributed by atoms with Gasteiger partial charge in [0, 0.05) is 0 Å². The van der Waals surface area contributed by atoms with Crippen molar-refractivity contribution in [1.82, 2.24) is 0 Å². The maximum Gasteiger partial charge on any atom is 0.115 e. The van der Waals surface area contributed by atoms with Gasteiger partial charge in [0.15, 0.2) is 0 Å². The molecule has 2 aliphatic rings. The fraction of sp³-hybridized carbons (Fsp3) is 0.739. The third-order valence-corrected chi connectivity index (χ3v) is 5.73. The topological polar surface area (TPSA) is 20.2 Å². The predicted octanol–water partition coefficient (Wildman–Crippen LogP) is 7.13. The van der Waals surface area contributed by atoms with Gasteiger partial charge in [0.05, 0.1) is 0 Å². The number of benzene rings is 1. The first-order valence-corrected chi connectivity index (χ1v) is 10.5. The van der Waals surface area contributed by atoms with Gasteiger partial charge in [-0.15, -0.1) is 0 Å². The lowest BCUT2D eigenvalue weighted by Crippen LogP contribution is -1.86. The van der Waals surface area contributed by atoms with Crippen molar-refractivity contribution in [3.63, 3.8) is 0 Å². The van der Waals surface area contributed by atoms with Crippen LogP contribution in [0.5, 0.6) is 5.75 Å². The van der Waals surface area contributed by atoms with E-state index in [4.69, 9.17) is 5.11 Å². The summed E-state index contributed by atoms with van der Waals surface area (Å²) in [7, 11) is 0. The summed E-state index contributed by atoms with van der Waals surface area (Å²) in [5.41, 5.74) is 1.34. The summed E-state index contributed by atoms with van der Waals surface area (Å²) in [5, 5.41) is 9.17. The van der Waals surface area contributed by atoms with E-state index in [-0.39, 0.29) is 0 Å². The molecule has 0 aromatic heterocycles. The zero-order valence-corrected chi connectivity index (χ0v) is 16.0. The number of unbranched alkanes of at least 4 members (excludes halogenated alkanes) is 7. The highest BCUT2D eigenvalue weighted by Gasteiger charge is 2.43. The minimum absolute atomic E-state index is 0.365. The van der Waals surface area contributed by atoms with Crippen molar-refractivity contribution in [1.29, 1.82) is 0 Å². The van der Waals surface area contributed by atoms with Gasteiger partial charge in [-0.05, 0) is 67.6 Å². The normalized spacial score (nSPS) is 24.2. The minimum atomic E-state index is 0.365. The Morgan fingerprint density at radius 3 is 1.83 bits per heavy atom. The van der Waals surface area contributed by atoms with Crippen molar-refractivity contribution in [3.8, 4) is 5.75 Å². The van der Waals surface area contributed by atoms with Gasteiger partial charge in [-0.2, -0.15) is 0 Å². The molecule has 0 amide bonds. The van der Waals surface area contributed by atoms with Crippen molar-refractivity contribution < 1.29 is 5.11 Å². The molecule has 3 rings (SSSR count). The fourth-order valence-electron chi connectivity index (χ4n) is 4.14. The number of hydrogen-bond acceptors (Lipinski definition) is 1. The smallest absolute Gasteiger partial charge is 0.115 e. The van der Waals surface area contributed by atoms with Crippen LogP contribution >= 0.6 is 0 Å². The Labute approximate surface area is 149 Å². The lowest BCUT2D eigenvalue weighted by atomic mass is 10.0. The molecule has 0 spiro atoms. The maximum absolute atomic E-state index is 9.17. The highest BCUT2D eigenvalue weighted by Crippen LogP contribution is 2.53. The number of phenolic OH excluding ortho intramolecular Hbond substituents is 1. The van der Waals surface area contributed by atoms with Gasteiger partial charge >= 0.3 is 0 Å². The molecule has 2 aliphatic carbocycles. The van der Waals surface area contributed by atoms with E-state index in [1.807, 2.05) is 12.1 Å². The summed E-state index contributed by atoms with van der Waals surface area (Å²) in [6, 6.07) is 7.60. The van der Waals surface area contributed by atoms with Crippen LogP contribution in [0, 0.1) is 17.8 Å². The van der Waals surface area contributed by atoms with Gasteiger partial charge in [-0.3, -0.25) is 0 Å². The van der Waals surface area contributed by atoms with Gasteiger partial charge in [0.25, 0.3) is 0 Å². The van der Waals surface area contributed by atoms with Crippen LogP contribution in [-0.2, 0) is 6.42 Å². The molecule has 136 valence electrons. The molecule has 2 saturated carbocycles. The largest absolute Gasteiger partial charge is 0.508 e. The minimum Gasteiger partial charge on any atom is -0.508 e. The van der Waals surface area contributed by atoms with E-state index in [1.54, 1.807) is 31.4 Å². The lowest BCUT2D eigenvalue weighted by molar-refractivity contribution is 0.475. The third kappa shape index (κ3) is 7.73. The molecule has 1 nitrogen and oxygen atoms in total. The van der Waals surface area contributed by atoms with Crippen molar-refractivity contribution in [2.75, 3.05) is 0 Å². The molecule has 0 saturated heterocycles. The second kappa shape index (κ2) is 10.8. The number of aryl methyl sites for hydroxylation is 1. The van der Waals surface area contributed by atoms with E-state index in [1.165, 1.54) is 68.8 Å². The summed E-state index contributed by atoms with van der Waals surface area (Å²) in [4.78, 5) is 0. The number of phenols is 1. The summed E-state index contributed by atoms with van der Waals surface area (Å²) in [5.74, 6) is 3.82. The Balaban J connectivity index is 0.000000242. The molecule has 1 N–H and O–H groups in total. The van der Waals surface area contributed by atoms with Crippen LogP contribution in [0.2, 0.25) is 0 Å². The SMILES string of the molecule is CC1CC2CC2C1.CCCCCCCCCCc1ccc(O)cc1. The first kappa shape index (κ1) is 19.3. The van der Waals surface area contributed by atoms with Crippen LogP contribution in [0.25, 0.3) is 0 Å². The van der Waals surface area contributed by atoms with Crippen LogP contribution in [0.1, 0.15) is 90.0 Å². The highest BCUT2D eigenvalue weighted by molar-refractivity contribution is 5.25. The van der Waals surface area contributed by atoms with E-state index < -0.39 is 0 Å². The molecule has 1 heteroatoms. The van der Waals surface area contributed by atoms with Crippen LogP contribution in [0.4, 0.5) is 0 Å². The molecule has 2 unspecified atom stereocenters. The maximum atomic E-state index is 9.17. The van der Waals surface area contributed by atoms with Crippen LogP contribution in [0.15, 0.2) is 24.3 Å². The molecule has 2 atom stereocenters. The summed E-state index contributed by atoms with van der Waals surface area (Å²) in [6.07, 6.45) is 16.8. The van der Waals surface area contributed by atoms with Crippen molar-refractivity contribution in [2.45, 2.75) is 90.9 Å². The van der Waals surface area contributed by atoms with Crippen molar-refractivity contribution >= 4 is 0 Å². The lowest BCUT2D eigenvalue weighted by Gasteiger charge is -2.02. The Morgan fingerprint density at radius 2 is 1.33 bits per heavy atom. The van der Waals surface area contributed by atoms with E-state index in [9.17, 15) is 0 Å². The molecular formula is C23H38O. The first-order valence-electron chi connectivity index (χ1n) is 10.5. The van der Waals surface area contributed by atoms with Gasteiger partial charge in [-0.25, -0.2) is 0 Å². The summed E-state index contributed by atoms with van der Waals surface area (Å²) in [6.45, 7) is 4.64. The van der Waals surface area contributed by atoms with Gasteiger partial charge < -0.3 is 5.11 Å². The molecule has 0 radical (unpaired) electrons. The molecule has 0 heterocycles. The van der Waals surface area contributed by atoms with Gasteiger partial charge in [0.2, 0.25) is 0 Å². The van der Waals surface area contributed by atoms with E-state index in [0.29, 0.717) is 5.75 Å². The average Bonchev–Trinajstić information content (AvgIpc) is 3.19. The predicted molar refractivity (Wildman–Crippen MR) is 104 cm³/mol. The highest BCUT2D eigenvalue weighted by atomic mass is 16.3. The fourth-order valence-corrected chi connectivity index (χ4v) is 4.14. The average molecular weight is 331 g/mol. The zero-order chi connectivity index (χ0) is 17.2. The number of fused-ring (bicyclic) bond motifs is 1. The second-order valence-electron chi connectivity index (χ2n) is 8.22. The molecule has 1 aromatic rings. The zero-order valence-electron chi connectivity index (χ0n) is 16.0. The standard InChI is InChI=1S/C16H26O.C7H12/c1-2-3-4-5-6-7-8-9-10-15-11-13-16(17)14-12-15;1-5-2-6-4-7(6)3-5/h11-14,17H,2-10H2,1H3;5-7H,2-4H2,1H3. The number of aromatic hydroxyl groups is 1. The van der Waals surface area contributed by atoms with E-state index in [2.05, 4.69) is 13.8 Å². The Hall–Kier alpha value is -0.980. The van der Waals surface area contributed by atoms with Crippen LogP contribution in [-0.4, -0.2) is 5.11 Å². The summed E-state index contributed by atoms with van der Waals surface area (Å²) < 4.78 is 0. The van der Waals surface area contributed by atoms with Gasteiger partial charge in [0.1, 0.15) is 5.75 Å². The third-order valence-electron chi connectivity index (χ3n) is 5.73. The van der Waals surface area contributed by atoms with Crippen molar-refractivity contribution in [2.24, 2.45) is 17.8 Å². The first-order chi connectivity index (χ1) is 11.7. The summed E-state index contributed by atoms with van der Waals surface area (Å²) >= 11 is 0. The Morgan fingerprint density at radius 1 is 0.792 bits per heavy atom. The number of rotatable bonds is 9. The molecule has 0 bridgehead atoms. The quantitative estimate of drug-likeness (QED) is 0.477. The monoisotopic (exact) mass is 330 g/mol.